The minimum Gasteiger partial charge on any atom is -0.497 e. The molecule has 2 N–H and O–H groups in total. The molecule has 1 aliphatic heterocycles. The van der Waals surface area contributed by atoms with Gasteiger partial charge in [-0.2, -0.15) is 0 Å². The van der Waals surface area contributed by atoms with Crippen molar-refractivity contribution < 1.29 is 23.9 Å². The maximum absolute atomic E-state index is 13.1. The van der Waals surface area contributed by atoms with Crippen LogP contribution in [0, 0.1) is 18.3 Å². The van der Waals surface area contributed by atoms with E-state index in [0.717, 1.165) is 25.9 Å². The molecule has 0 aromatic heterocycles. The van der Waals surface area contributed by atoms with Crippen molar-refractivity contribution in [2.45, 2.75) is 12.8 Å². The number of anilines is 2. The number of rotatable bonds is 8. The topological polar surface area (TPSA) is 109 Å². The number of hydrogen-bond acceptors (Lipinski definition) is 6. The smallest absolute Gasteiger partial charge is 0.308 e. The molecule has 9 nitrogen and oxygen atoms in total. The molecule has 1 fully saturated rings. The largest absolute Gasteiger partial charge is 0.497 e. The van der Waals surface area contributed by atoms with Crippen molar-refractivity contribution in [3.63, 3.8) is 0 Å². The number of benzene rings is 3. The number of amides is 2. The van der Waals surface area contributed by atoms with Gasteiger partial charge in [-0.1, -0.05) is 5.92 Å². The zero-order chi connectivity index (χ0) is 28.5. The standard InChI is InChI=1S/C31H30N4O5/c1-4-21-5-9-25(10-6-21)33-30(37)27-19-26(39-2)13-14-28(27)34-29(36)22-7-11-24(12-8-22)32-20-35-17-15-23(16-18-35)31(38)40-3/h1,5-14,19-20,23H,15-18H2,2-3H3,(H,33,37)(H,34,36). The number of nitrogens with zero attached hydrogens (tertiary/aromatic N) is 2. The quantitative estimate of drug-likeness (QED) is 0.186. The minimum absolute atomic E-state index is 0.0647. The summed E-state index contributed by atoms with van der Waals surface area (Å²) in [5.41, 5.74) is 2.93. The molecule has 3 aromatic carbocycles. The van der Waals surface area contributed by atoms with Crippen molar-refractivity contribution in [2.75, 3.05) is 37.9 Å². The summed E-state index contributed by atoms with van der Waals surface area (Å²) < 4.78 is 10.1. The molecular weight excluding hydrogens is 508 g/mol. The van der Waals surface area contributed by atoms with Gasteiger partial charge in [-0.15, -0.1) is 6.42 Å². The molecule has 0 spiro atoms. The molecule has 0 atom stereocenters. The van der Waals surface area contributed by atoms with Gasteiger partial charge in [0.15, 0.2) is 0 Å². The summed E-state index contributed by atoms with van der Waals surface area (Å²) in [6, 6.07) is 18.5. The summed E-state index contributed by atoms with van der Waals surface area (Å²) in [4.78, 5) is 44.3. The maximum Gasteiger partial charge on any atom is 0.308 e. The zero-order valence-corrected chi connectivity index (χ0v) is 22.3. The first-order valence-electron chi connectivity index (χ1n) is 12.7. The third kappa shape index (κ3) is 7.05. The molecule has 40 heavy (non-hydrogen) atoms. The summed E-state index contributed by atoms with van der Waals surface area (Å²) in [7, 11) is 2.91. The molecule has 0 saturated carbocycles. The van der Waals surface area contributed by atoms with Gasteiger partial charge in [0.05, 0.1) is 43.4 Å². The highest BCUT2D eigenvalue weighted by atomic mass is 16.5. The van der Waals surface area contributed by atoms with Crippen LogP contribution in [0.5, 0.6) is 5.75 Å². The number of aliphatic imine (C=N–C) groups is 1. The van der Waals surface area contributed by atoms with Gasteiger partial charge >= 0.3 is 5.97 Å². The number of piperidine rings is 1. The molecule has 9 heteroatoms. The monoisotopic (exact) mass is 538 g/mol. The second-order valence-electron chi connectivity index (χ2n) is 9.17. The predicted octanol–water partition coefficient (Wildman–Crippen LogP) is 4.73. The van der Waals surface area contributed by atoms with Crippen molar-refractivity contribution in [2.24, 2.45) is 10.9 Å². The van der Waals surface area contributed by atoms with Gasteiger partial charge in [-0.25, -0.2) is 4.99 Å². The first kappa shape index (κ1) is 27.9. The van der Waals surface area contributed by atoms with Crippen LogP contribution >= 0.6 is 0 Å². The Hall–Kier alpha value is -5.10. The number of esters is 1. The van der Waals surface area contributed by atoms with E-state index in [1.807, 2.05) is 0 Å². The number of ether oxygens (including phenoxy) is 2. The second-order valence-corrected chi connectivity index (χ2v) is 9.17. The number of hydrogen-bond donors (Lipinski definition) is 2. The van der Waals surface area contributed by atoms with Crippen molar-refractivity contribution in [3.8, 4) is 18.1 Å². The molecule has 204 valence electrons. The van der Waals surface area contributed by atoms with Gasteiger partial charge in [0, 0.05) is 29.9 Å². The number of carbonyl (C=O) groups excluding carboxylic acids is 3. The van der Waals surface area contributed by atoms with Gasteiger partial charge in [0.2, 0.25) is 0 Å². The highest BCUT2D eigenvalue weighted by Crippen LogP contribution is 2.25. The van der Waals surface area contributed by atoms with Crippen molar-refractivity contribution in [1.29, 1.82) is 0 Å². The zero-order valence-electron chi connectivity index (χ0n) is 22.3. The Morgan fingerprint density at radius 3 is 2.27 bits per heavy atom. The fourth-order valence-electron chi connectivity index (χ4n) is 4.25. The van der Waals surface area contributed by atoms with Gasteiger partial charge in [-0.3, -0.25) is 14.4 Å². The molecule has 1 aliphatic rings. The molecular formula is C31H30N4O5. The lowest BCUT2D eigenvalue weighted by atomic mass is 9.97. The van der Waals surface area contributed by atoms with Crippen LogP contribution in [0.3, 0.4) is 0 Å². The van der Waals surface area contributed by atoms with Gasteiger partial charge < -0.3 is 25.0 Å². The summed E-state index contributed by atoms with van der Waals surface area (Å²) in [5.74, 6) is 1.99. The van der Waals surface area contributed by atoms with Crippen LogP contribution in [0.2, 0.25) is 0 Å². The Balaban J connectivity index is 1.40. The molecule has 1 heterocycles. The van der Waals surface area contributed by atoms with E-state index < -0.39 is 5.91 Å². The molecule has 1 saturated heterocycles. The van der Waals surface area contributed by atoms with E-state index in [1.54, 1.807) is 73.1 Å². The predicted molar refractivity (Wildman–Crippen MR) is 154 cm³/mol. The van der Waals surface area contributed by atoms with Crippen LogP contribution in [-0.2, 0) is 9.53 Å². The van der Waals surface area contributed by atoms with Crippen LogP contribution in [0.1, 0.15) is 39.1 Å². The van der Waals surface area contributed by atoms with E-state index in [0.29, 0.717) is 33.9 Å². The van der Waals surface area contributed by atoms with E-state index in [1.165, 1.54) is 14.2 Å². The Labute approximate surface area is 233 Å². The van der Waals surface area contributed by atoms with Gasteiger partial charge in [0.25, 0.3) is 11.8 Å². The normalized spacial score (nSPS) is 13.4. The van der Waals surface area contributed by atoms with Crippen LogP contribution < -0.4 is 15.4 Å². The van der Waals surface area contributed by atoms with Crippen molar-refractivity contribution >= 4 is 41.2 Å². The van der Waals surface area contributed by atoms with Crippen molar-refractivity contribution in [1.82, 2.24) is 4.90 Å². The fourth-order valence-corrected chi connectivity index (χ4v) is 4.25. The SMILES string of the molecule is C#Cc1ccc(NC(=O)c2cc(OC)ccc2NC(=O)c2ccc(N=CN3CCC(C(=O)OC)CC3)cc2)cc1. The molecule has 3 aromatic rings. The molecule has 0 unspecified atom stereocenters. The third-order valence-electron chi connectivity index (χ3n) is 6.59. The fraction of sp³-hybridized carbons (Fsp3) is 0.226. The Kier molecular flexibility index (Phi) is 9.15. The second kappa shape index (κ2) is 13.1. The van der Waals surface area contributed by atoms with Crippen molar-refractivity contribution in [3.05, 3.63) is 83.4 Å². The summed E-state index contributed by atoms with van der Waals surface area (Å²) in [5, 5.41) is 5.63. The summed E-state index contributed by atoms with van der Waals surface area (Å²) >= 11 is 0. The molecule has 0 aliphatic carbocycles. The summed E-state index contributed by atoms with van der Waals surface area (Å²) in [6.07, 6.45) is 8.60. The average Bonchev–Trinajstić information content (AvgIpc) is 3.00. The number of nitrogens with one attached hydrogen (secondary N) is 2. The molecule has 4 rings (SSSR count). The van der Waals surface area contributed by atoms with Crippen LogP contribution in [-0.4, -0.2) is 56.3 Å². The highest BCUT2D eigenvalue weighted by molar-refractivity contribution is 6.12. The van der Waals surface area contributed by atoms with Gasteiger partial charge in [0.1, 0.15) is 5.75 Å². The number of terminal acetylenes is 1. The Morgan fingerprint density at radius 1 is 0.950 bits per heavy atom. The van der Waals surface area contributed by atoms with Crippen LogP contribution in [0.4, 0.5) is 17.1 Å². The summed E-state index contributed by atoms with van der Waals surface area (Å²) in [6.45, 7) is 1.44. The first-order valence-corrected chi connectivity index (χ1v) is 12.7. The first-order chi connectivity index (χ1) is 19.4. The Morgan fingerprint density at radius 2 is 1.65 bits per heavy atom. The number of likely N-dealkylation sites (tertiary alicyclic amines) is 1. The van der Waals surface area contributed by atoms with E-state index in [-0.39, 0.29) is 23.4 Å². The van der Waals surface area contributed by atoms with E-state index in [9.17, 15) is 14.4 Å². The maximum atomic E-state index is 13.1. The molecule has 0 radical (unpaired) electrons. The minimum atomic E-state index is -0.414. The lowest BCUT2D eigenvalue weighted by Gasteiger charge is -2.28. The molecule has 2 amide bonds. The number of carbonyl (C=O) groups is 3. The lowest BCUT2D eigenvalue weighted by Crippen LogP contribution is -2.35. The number of methoxy groups -OCH3 is 2. The molecule has 0 bridgehead atoms. The third-order valence-corrected chi connectivity index (χ3v) is 6.59. The van der Waals surface area contributed by atoms with Crippen LogP contribution in [0.15, 0.2) is 71.7 Å². The highest BCUT2D eigenvalue weighted by Gasteiger charge is 2.24. The van der Waals surface area contributed by atoms with Crippen LogP contribution in [0.25, 0.3) is 0 Å². The Bertz CT molecular complexity index is 1430. The lowest BCUT2D eigenvalue weighted by molar-refractivity contribution is -0.146. The average molecular weight is 539 g/mol. The van der Waals surface area contributed by atoms with E-state index in [2.05, 4.69) is 26.4 Å². The van der Waals surface area contributed by atoms with E-state index in [4.69, 9.17) is 15.9 Å². The van der Waals surface area contributed by atoms with Gasteiger partial charge in [-0.05, 0) is 79.6 Å². The van der Waals surface area contributed by atoms with E-state index >= 15 is 0 Å².